The number of aliphatic hydroxyl groups is 1. The number of amides is 1. The van der Waals surface area contributed by atoms with E-state index in [0.717, 1.165) is 38.5 Å². The van der Waals surface area contributed by atoms with Gasteiger partial charge in [0.25, 0.3) is 0 Å². The SMILES string of the molecule is CCCCCCCC/C=C\CCCCCCCCCCCC(=O)NC(COP(=O)(O)OCCN)C(O)CCCCCCCCCCCCCCC. The van der Waals surface area contributed by atoms with Crippen molar-refractivity contribution in [1.82, 2.24) is 5.32 Å². The van der Waals surface area contributed by atoms with Gasteiger partial charge < -0.3 is 21.1 Å². The van der Waals surface area contributed by atoms with Crippen molar-refractivity contribution in [3.05, 3.63) is 12.2 Å². The zero-order valence-corrected chi connectivity index (χ0v) is 34.5. The Balaban J connectivity index is 4.12. The van der Waals surface area contributed by atoms with Crippen LogP contribution in [0.25, 0.3) is 0 Å². The summed E-state index contributed by atoms with van der Waals surface area (Å²) in [6.45, 7) is 4.21. The second-order valence-electron chi connectivity index (χ2n) is 14.9. The van der Waals surface area contributed by atoms with Crippen molar-refractivity contribution in [2.75, 3.05) is 19.8 Å². The van der Waals surface area contributed by atoms with Crippen LogP contribution >= 0.6 is 7.82 Å². The molecule has 0 aromatic carbocycles. The lowest BCUT2D eigenvalue weighted by atomic mass is 10.0. The maximum atomic E-state index is 12.8. The van der Waals surface area contributed by atoms with Crippen LogP contribution in [-0.4, -0.2) is 47.8 Å². The Morgan fingerprint density at radius 3 is 1.45 bits per heavy atom. The summed E-state index contributed by atoms with van der Waals surface area (Å²) in [5, 5.41) is 13.8. The largest absolute Gasteiger partial charge is 0.472 e. The van der Waals surface area contributed by atoms with Gasteiger partial charge in [0.2, 0.25) is 5.91 Å². The van der Waals surface area contributed by atoms with Gasteiger partial charge in [-0.3, -0.25) is 13.8 Å². The van der Waals surface area contributed by atoms with Gasteiger partial charge in [0.05, 0.1) is 25.4 Å². The molecule has 51 heavy (non-hydrogen) atoms. The number of unbranched alkanes of at least 4 members (excludes halogenated alkanes) is 27. The summed E-state index contributed by atoms with van der Waals surface area (Å²) in [4.78, 5) is 22.7. The number of hydrogen-bond acceptors (Lipinski definition) is 6. The van der Waals surface area contributed by atoms with Crippen molar-refractivity contribution >= 4 is 13.7 Å². The van der Waals surface area contributed by atoms with Crippen LogP contribution < -0.4 is 11.1 Å². The molecule has 0 heterocycles. The van der Waals surface area contributed by atoms with Gasteiger partial charge in [0.15, 0.2) is 0 Å². The minimum absolute atomic E-state index is 0.0903. The molecule has 0 rings (SSSR count). The maximum Gasteiger partial charge on any atom is 0.472 e. The quantitative estimate of drug-likeness (QED) is 0.0278. The van der Waals surface area contributed by atoms with Crippen LogP contribution in [0.15, 0.2) is 12.2 Å². The number of phosphoric ester groups is 1. The Bertz CT molecular complexity index is 814. The number of nitrogens with two attached hydrogens (primary N) is 1. The zero-order valence-electron chi connectivity index (χ0n) is 33.6. The monoisotopic (exact) mass is 745 g/mol. The summed E-state index contributed by atoms with van der Waals surface area (Å²) in [5.74, 6) is -0.162. The molecule has 9 heteroatoms. The van der Waals surface area contributed by atoms with Gasteiger partial charge in [0, 0.05) is 13.0 Å². The molecule has 1 amide bonds. The minimum atomic E-state index is -4.31. The van der Waals surface area contributed by atoms with E-state index in [0.29, 0.717) is 12.8 Å². The Kier molecular flexibility index (Phi) is 38.4. The van der Waals surface area contributed by atoms with E-state index in [4.69, 9.17) is 14.8 Å². The van der Waals surface area contributed by atoms with Crippen molar-refractivity contribution < 1.29 is 28.4 Å². The third-order valence-electron chi connectivity index (χ3n) is 9.87. The molecule has 8 nitrogen and oxygen atoms in total. The number of allylic oxidation sites excluding steroid dienone is 2. The number of carbonyl (C=O) groups is 1. The van der Waals surface area contributed by atoms with Gasteiger partial charge in [0.1, 0.15) is 0 Å². The fraction of sp³-hybridized carbons (Fsp3) is 0.929. The second-order valence-corrected chi connectivity index (χ2v) is 16.4. The first-order chi connectivity index (χ1) is 24.9. The van der Waals surface area contributed by atoms with Crippen molar-refractivity contribution in [1.29, 1.82) is 0 Å². The highest BCUT2D eigenvalue weighted by Gasteiger charge is 2.27. The Morgan fingerprint density at radius 2 is 1.02 bits per heavy atom. The molecule has 0 saturated heterocycles. The van der Waals surface area contributed by atoms with Crippen LogP contribution in [0.1, 0.15) is 219 Å². The molecule has 0 saturated carbocycles. The summed E-state index contributed by atoms with van der Waals surface area (Å²) in [5.41, 5.74) is 5.38. The fourth-order valence-electron chi connectivity index (χ4n) is 6.54. The number of nitrogens with one attached hydrogen (secondary N) is 1. The van der Waals surface area contributed by atoms with E-state index >= 15 is 0 Å². The number of phosphoric acid groups is 1. The highest BCUT2D eigenvalue weighted by Crippen LogP contribution is 2.43. The molecular formula is C42H85N2O6P. The van der Waals surface area contributed by atoms with E-state index in [2.05, 4.69) is 31.3 Å². The van der Waals surface area contributed by atoms with Crippen LogP contribution in [0.3, 0.4) is 0 Å². The predicted octanol–water partition coefficient (Wildman–Crippen LogP) is 12.0. The topological polar surface area (TPSA) is 131 Å². The van der Waals surface area contributed by atoms with Crippen LogP contribution in [0.4, 0.5) is 0 Å². The van der Waals surface area contributed by atoms with Crippen molar-refractivity contribution in [2.24, 2.45) is 5.73 Å². The summed E-state index contributed by atoms with van der Waals surface area (Å²) < 4.78 is 22.2. The average molecular weight is 745 g/mol. The van der Waals surface area contributed by atoms with E-state index in [1.165, 1.54) is 154 Å². The van der Waals surface area contributed by atoms with Crippen LogP contribution in [0.2, 0.25) is 0 Å². The summed E-state index contributed by atoms with van der Waals surface area (Å²) in [6, 6.07) is -0.771. The predicted molar refractivity (Wildman–Crippen MR) is 217 cm³/mol. The lowest BCUT2D eigenvalue weighted by Gasteiger charge is -2.25. The first-order valence-corrected chi connectivity index (χ1v) is 23.3. The third-order valence-corrected chi connectivity index (χ3v) is 10.9. The van der Waals surface area contributed by atoms with Gasteiger partial charge in [-0.2, -0.15) is 0 Å². The van der Waals surface area contributed by atoms with E-state index in [9.17, 15) is 19.4 Å². The van der Waals surface area contributed by atoms with E-state index < -0.39 is 20.0 Å². The van der Waals surface area contributed by atoms with Gasteiger partial charge in [-0.25, -0.2) is 4.57 Å². The first kappa shape index (κ1) is 50.2. The fourth-order valence-corrected chi connectivity index (χ4v) is 7.30. The average Bonchev–Trinajstić information content (AvgIpc) is 3.12. The molecule has 5 N–H and O–H groups in total. The molecule has 0 spiro atoms. The molecule has 0 bridgehead atoms. The van der Waals surface area contributed by atoms with E-state index in [1.54, 1.807) is 0 Å². The number of hydrogen-bond donors (Lipinski definition) is 4. The molecule has 0 aliphatic heterocycles. The Labute approximate surface area is 315 Å². The normalized spacial score (nSPS) is 14.2. The molecule has 3 atom stereocenters. The molecule has 3 unspecified atom stereocenters. The second kappa shape index (κ2) is 38.9. The van der Waals surface area contributed by atoms with Crippen LogP contribution in [0.5, 0.6) is 0 Å². The molecule has 0 aliphatic carbocycles. The Hall–Kier alpha value is -0.760. The molecular weight excluding hydrogens is 659 g/mol. The zero-order chi connectivity index (χ0) is 37.5. The molecule has 0 aromatic heterocycles. The highest BCUT2D eigenvalue weighted by molar-refractivity contribution is 7.47. The molecule has 0 fully saturated rings. The van der Waals surface area contributed by atoms with E-state index in [-0.39, 0.29) is 25.7 Å². The molecule has 0 aliphatic rings. The summed E-state index contributed by atoms with van der Waals surface area (Å²) in [7, 11) is -4.31. The van der Waals surface area contributed by atoms with Crippen molar-refractivity contribution in [3.8, 4) is 0 Å². The van der Waals surface area contributed by atoms with Gasteiger partial charge in [-0.05, 0) is 38.5 Å². The number of rotatable bonds is 41. The van der Waals surface area contributed by atoms with Crippen LogP contribution in [0, 0.1) is 0 Å². The standard InChI is InChI=1S/C42H85N2O6P/c1-3-5-7-9-11-13-15-17-18-19-20-21-22-24-26-28-30-32-34-36-42(46)44-40(39-50-51(47,48)49-38-37-43)41(45)35-33-31-29-27-25-23-16-14-12-10-8-6-4-2/h17-18,40-41,45H,3-16,19-39,43H2,1-2H3,(H,44,46)(H,47,48)/b18-17-. The first-order valence-electron chi connectivity index (χ1n) is 21.8. The highest BCUT2D eigenvalue weighted by atomic mass is 31.2. The van der Waals surface area contributed by atoms with Gasteiger partial charge >= 0.3 is 7.82 Å². The number of carbonyl (C=O) groups excluding carboxylic acids is 1. The van der Waals surface area contributed by atoms with Gasteiger partial charge in [-0.15, -0.1) is 0 Å². The van der Waals surface area contributed by atoms with Crippen molar-refractivity contribution in [2.45, 2.75) is 231 Å². The van der Waals surface area contributed by atoms with E-state index in [1.807, 2.05) is 0 Å². The number of aliphatic hydroxyl groups excluding tert-OH is 1. The maximum absolute atomic E-state index is 12.8. The lowest BCUT2D eigenvalue weighted by Crippen LogP contribution is -2.46. The lowest BCUT2D eigenvalue weighted by molar-refractivity contribution is -0.123. The van der Waals surface area contributed by atoms with Crippen LogP contribution in [-0.2, 0) is 18.4 Å². The molecule has 0 aromatic rings. The smallest absolute Gasteiger partial charge is 0.391 e. The van der Waals surface area contributed by atoms with Gasteiger partial charge in [-0.1, -0.05) is 187 Å². The summed E-state index contributed by atoms with van der Waals surface area (Å²) in [6.07, 6.45) is 42.1. The molecule has 304 valence electrons. The minimum Gasteiger partial charge on any atom is -0.391 e. The van der Waals surface area contributed by atoms with Crippen molar-refractivity contribution in [3.63, 3.8) is 0 Å². The third kappa shape index (κ3) is 37.4. The Morgan fingerprint density at radius 1 is 0.627 bits per heavy atom. The summed E-state index contributed by atoms with van der Waals surface area (Å²) >= 11 is 0. The molecule has 0 radical (unpaired) electrons.